The average molecular weight is 297 g/mol. The first kappa shape index (κ1) is 15.0. The molecule has 0 saturated carbocycles. The number of hydrogen-bond donors (Lipinski definition) is 0. The second kappa shape index (κ2) is 5.71. The molecule has 0 bridgehead atoms. The number of Topliss-reactive ketones (excluding diaryl/α,β-unsaturated/α-hetero) is 2. The van der Waals surface area contributed by atoms with Gasteiger partial charge in [0, 0.05) is 30.8 Å². The van der Waals surface area contributed by atoms with Gasteiger partial charge in [0.05, 0.1) is 5.57 Å². The average Bonchev–Trinajstić information content (AvgIpc) is 3.00. The van der Waals surface area contributed by atoms with Crippen LogP contribution in [0, 0.1) is 5.41 Å². The molecular formula is C19H23NO2. The number of allylic oxidation sites excluding steroid dienone is 2. The second-order valence-electron chi connectivity index (χ2n) is 7.15. The van der Waals surface area contributed by atoms with Crippen molar-refractivity contribution in [2.24, 2.45) is 5.41 Å². The molecule has 1 fully saturated rings. The number of ketones is 2. The number of carbonyl (C=O) groups is 2. The molecule has 3 nitrogen and oxygen atoms in total. The zero-order chi connectivity index (χ0) is 15.7. The van der Waals surface area contributed by atoms with E-state index < -0.39 is 0 Å². The van der Waals surface area contributed by atoms with E-state index in [1.807, 2.05) is 18.2 Å². The molecule has 0 atom stereocenters. The molecular weight excluding hydrogens is 274 g/mol. The van der Waals surface area contributed by atoms with Crippen molar-refractivity contribution >= 4 is 11.6 Å². The van der Waals surface area contributed by atoms with Crippen LogP contribution < -0.4 is 0 Å². The molecule has 0 unspecified atom stereocenters. The van der Waals surface area contributed by atoms with Crippen LogP contribution in [0.25, 0.3) is 0 Å². The highest BCUT2D eigenvalue weighted by molar-refractivity contribution is 6.27. The number of likely N-dealkylation sites (tertiary alicyclic amines) is 1. The first-order valence-corrected chi connectivity index (χ1v) is 8.09. The summed E-state index contributed by atoms with van der Waals surface area (Å²) in [6.07, 6.45) is 3.56. The van der Waals surface area contributed by atoms with Gasteiger partial charge in [-0.1, -0.05) is 44.2 Å². The molecule has 22 heavy (non-hydrogen) atoms. The Kier molecular flexibility index (Phi) is 3.90. The monoisotopic (exact) mass is 297 g/mol. The lowest BCUT2D eigenvalue weighted by molar-refractivity contribution is -0.118. The Morgan fingerprint density at radius 2 is 1.68 bits per heavy atom. The maximum atomic E-state index is 12.9. The molecule has 0 spiro atoms. The normalized spacial score (nSPS) is 21.4. The molecule has 1 aliphatic carbocycles. The highest BCUT2D eigenvalue weighted by Crippen LogP contribution is 2.40. The number of carbonyl (C=O) groups excluding carboxylic acids is 2. The topological polar surface area (TPSA) is 37.4 Å². The molecule has 116 valence electrons. The zero-order valence-corrected chi connectivity index (χ0v) is 13.4. The largest absolute Gasteiger partial charge is 0.374 e. The van der Waals surface area contributed by atoms with Crippen molar-refractivity contribution in [2.75, 3.05) is 13.1 Å². The lowest BCUT2D eigenvalue weighted by atomic mass is 9.74. The van der Waals surface area contributed by atoms with E-state index in [-0.39, 0.29) is 17.0 Å². The fraction of sp³-hybridized carbons (Fsp3) is 0.474. The maximum Gasteiger partial charge on any atom is 0.198 e. The minimum atomic E-state index is -0.108. The summed E-state index contributed by atoms with van der Waals surface area (Å²) in [5.74, 6) is -0.102. The third-order valence-corrected chi connectivity index (χ3v) is 4.60. The Morgan fingerprint density at radius 1 is 1.05 bits per heavy atom. The van der Waals surface area contributed by atoms with E-state index in [4.69, 9.17) is 0 Å². The molecule has 1 aliphatic heterocycles. The van der Waals surface area contributed by atoms with E-state index >= 15 is 0 Å². The Bertz CT molecular complexity index is 622. The van der Waals surface area contributed by atoms with Gasteiger partial charge in [-0.3, -0.25) is 9.59 Å². The second-order valence-corrected chi connectivity index (χ2v) is 7.15. The minimum Gasteiger partial charge on any atom is -0.374 e. The van der Waals surface area contributed by atoms with Crippen LogP contribution in [-0.4, -0.2) is 29.6 Å². The summed E-state index contributed by atoms with van der Waals surface area (Å²) in [5, 5.41) is 0. The van der Waals surface area contributed by atoms with Crippen molar-refractivity contribution in [2.45, 2.75) is 39.5 Å². The van der Waals surface area contributed by atoms with Crippen molar-refractivity contribution in [1.82, 2.24) is 4.90 Å². The molecule has 0 aromatic heterocycles. The van der Waals surface area contributed by atoms with Gasteiger partial charge in [0.1, 0.15) is 0 Å². The molecule has 1 saturated heterocycles. The van der Waals surface area contributed by atoms with Gasteiger partial charge in [0.15, 0.2) is 11.6 Å². The van der Waals surface area contributed by atoms with Crippen LogP contribution in [0.2, 0.25) is 0 Å². The van der Waals surface area contributed by atoms with Gasteiger partial charge in [0.2, 0.25) is 0 Å². The lowest BCUT2D eigenvalue weighted by Crippen LogP contribution is -2.35. The first-order chi connectivity index (χ1) is 10.5. The molecule has 1 aromatic rings. The molecule has 1 heterocycles. The summed E-state index contributed by atoms with van der Waals surface area (Å²) < 4.78 is 0. The number of benzene rings is 1. The molecule has 0 radical (unpaired) electrons. The van der Waals surface area contributed by atoms with E-state index in [1.165, 1.54) is 0 Å². The van der Waals surface area contributed by atoms with Crippen LogP contribution in [0.3, 0.4) is 0 Å². The molecule has 0 N–H and O–H groups in total. The summed E-state index contributed by atoms with van der Waals surface area (Å²) >= 11 is 0. The Balaban J connectivity index is 2.05. The van der Waals surface area contributed by atoms with E-state index in [9.17, 15) is 9.59 Å². The van der Waals surface area contributed by atoms with Crippen molar-refractivity contribution in [3.63, 3.8) is 0 Å². The van der Waals surface area contributed by atoms with Gasteiger partial charge < -0.3 is 4.90 Å². The van der Waals surface area contributed by atoms with Crippen LogP contribution in [0.15, 0.2) is 41.6 Å². The van der Waals surface area contributed by atoms with Gasteiger partial charge in [0.25, 0.3) is 0 Å². The molecule has 0 amide bonds. The third kappa shape index (κ3) is 2.85. The van der Waals surface area contributed by atoms with E-state index in [2.05, 4.69) is 18.7 Å². The third-order valence-electron chi connectivity index (χ3n) is 4.60. The van der Waals surface area contributed by atoms with Gasteiger partial charge in [-0.2, -0.15) is 0 Å². The summed E-state index contributed by atoms with van der Waals surface area (Å²) in [4.78, 5) is 27.8. The predicted octanol–water partition coefficient (Wildman–Crippen LogP) is 3.61. The lowest BCUT2D eigenvalue weighted by Gasteiger charge is -2.36. The van der Waals surface area contributed by atoms with Crippen LogP contribution in [0.5, 0.6) is 0 Å². The predicted molar refractivity (Wildman–Crippen MR) is 86.6 cm³/mol. The van der Waals surface area contributed by atoms with E-state index in [0.717, 1.165) is 38.0 Å². The Hall–Kier alpha value is -1.90. The number of rotatable bonds is 3. The van der Waals surface area contributed by atoms with E-state index in [0.29, 0.717) is 17.6 Å². The fourth-order valence-electron chi connectivity index (χ4n) is 3.54. The van der Waals surface area contributed by atoms with Gasteiger partial charge >= 0.3 is 0 Å². The summed E-state index contributed by atoms with van der Waals surface area (Å²) in [6.45, 7) is 6.16. The molecule has 2 aliphatic rings. The van der Waals surface area contributed by atoms with Crippen LogP contribution in [0.1, 0.15) is 49.9 Å². The Morgan fingerprint density at radius 3 is 2.32 bits per heavy atom. The SMILES string of the molecule is CC1(C)CC(=O)C(C(=O)c2ccccc2)=C(N2CCCC2)C1. The molecule has 3 heteroatoms. The highest BCUT2D eigenvalue weighted by atomic mass is 16.1. The van der Waals surface area contributed by atoms with E-state index in [1.54, 1.807) is 12.1 Å². The first-order valence-electron chi connectivity index (χ1n) is 8.09. The minimum absolute atomic E-state index is 0.00648. The quantitative estimate of drug-likeness (QED) is 0.632. The fourth-order valence-corrected chi connectivity index (χ4v) is 3.54. The number of nitrogens with zero attached hydrogens (tertiary/aromatic N) is 1. The maximum absolute atomic E-state index is 12.9. The van der Waals surface area contributed by atoms with Gasteiger partial charge in [-0.15, -0.1) is 0 Å². The van der Waals surface area contributed by atoms with Crippen molar-refractivity contribution < 1.29 is 9.59 Å². The van der Waals surface area contributed by atoms with Crippen LogP contribution in [0.4, 0.5) is 0 Å². The highest BCUT2D eigenvalue weighted by Gasteiger charge is 2.38. The molecule has 3 rings (SSSR count). The Labute approximate surface area is 132 Å². The van der Waals surface area contributed by atoms with Crippen molar-refractivity contribution in [3.05, 3.63) is 47.2 Å². The zero-order valence-electron chi connectivity index (χ0n) is 13.4. The molecule has 1 aromatic carbocycles. The van der Waals surface area contributed by atoms with Crippen LogP contribution in [-0.2, 0) is 4.79 Å². The summed E-state index contributed by atoms with van der Waals surface area (Å²) in [7, 11) is 0. The van der Waals surface area contributed by atoms with Crippen molar-refractivity contribution in [3.8, 4) is 0 Å². The standard InChI is InChI=1S/C19H23NO2/c1-19(2)12-15(20-10-6-7-11-20)17(16(21)13-19)18(22)14-8-4-3-5-9-14/h3-5,8-9H,6-7,10-13H2,1-2H3. The van der Waals surface area contributed by atoms with Gasteiger partial charge in [-0.25, -0.2) is 0 Å². The van der Waals surface area contributed by atoms with Crippen molar-refractivity contribution in [1.29, 1.82) is 0 Å². The summed E-state index contributed by atoms with van der Waals surface area (Å²) in [6, 6.07) is 9.17. The van der Waals surface area contributed by atoms with Gasteiger partial charge in [-0.05, 0) is 24.7 Å². The van der Waals surface area contributed by atoms with Crippen LogP contribution >= 0.6 is 0 Å². The summed E-state index contributed by atoms with van der Waals surface area (Å²) in [5.41, 5.74) is 1.97. The number of hydrogen-bond acceptors (Lipinski definition) is 3. The smallest absolute Gasteiger partial charge is 0.198 e.